The highest BCUT2D eigenvalue weighted by Gasteiger charge is 2.29. The Hall–Kier alpha value is -5.19. The van der Waals surface area contributed by atoms with Crippen molar-refractivity contribution in [2.24, 2.45) is 0 Å². The number of hydrogen-bond acceptors (Lipinski definition) is 5. The monoisotopic (exact) mass is 604 g/mol. The van der Waals surface area contributed by atoms with Gasteiger partial charge in [0.05, 0.1) is 16.5 Å². The molecule has 0 radical (unpaired) electrons. The van der Waals surface area contributed by atoms with Crippen molar-refractivity contribution in [1.29, 1.82) is 0 Å². The second-order valence-corrected chi connectivity index (χ2v) is 10.6. The van der Waals surface area contributed by atoms with Crippen LogP contribution in [0.4, 0.5) is 23.4 Å². The van der Waals surface area contributed by atoms with Gasteiger partial charge in [0.2, 0.25) is 5.71 Å². The van der Waals surface area contributed by atoms with Gasteiger partial charge in [-0.15, -0.1) is 0 Å². The van der Waals surface area contributed by atoms with Gasteiger partial charge in [0.1, 0.15) is 23.9 Å². The van der Waals surface area contributed by atoms with Gasteiger partial charge in [-0.2, -0.15) is 18.2 Å². The van der Waals surface area contributed by atoms with Gasteiger partial charge in [-0.05, 0) is 67.4 Å². The molecule has 7 nitrogen and oxygen atoms in total. The van der Waals surface area contributed by atoms with E-state index in [1.54, 1.807) is 24.3 Å². The number of carbonyl (C=O) groups excluding carboxylic acids is 2. The second kappa shape index (κ2) is 11.8. The standard InChI is InChI=1S/C33H28F4N4O3/c1-32(2,22-10-5-4-6-11-22)41-29(42)21-9-7-8-20(16-21)24-17-25-26(30(43)38-3)27(19-12-14-23(34)15-13-19)44-31(25)40-28(24)39-18-33(35,36)37/h4-17H,18H2,1-3H3,(H,38,43)(H,39,40)(H,41,42). The van der Waals surface area contributed by atoms with E-state index in [2.05, 4.69) is 20.9 Å². The molecule has 0 spiro atoms. The molecular formula is C33H28F4N4O3. The molecule has 2 amide bonds. The number of pyridine rings is 1. The number of fused-ring (bicyclic) bond motifs is 1. The minimum absolute atomic E-state index is 0.0713. The lowest BCUT2D eigenvalue weighted by Gasteiger charge is -2.27. The topological polar surface area (TPSA) is 96.3 Å². The van der Waals surface area contributed by atoms with Gasteiger partial charge in [-0.1, -0.05) is 42.5 Å². The van der Waals surface area contributed by atoms with Crippen LogP contribution in [0.3, 0.4) is 0 Å². The van der Waals surface area contributed by atoms with E-state index in [-0.39, 0.29) is 39.4 Å². The minimum atomic E-state index is -4.56. The summed E-state index contributed by atoms with van der Waals surface area (Å²) < 4.78 is 59.4. The first-order valence-electron chi connectivity index (χ1n) is 13.6. The molecule has 0 saturated carbocycles. The van der Waals surface area contributed by atoms with Crippen LogP contribution in [-0.4, -0.2) is 36.6 Å². The van der Waals surface area contributed by atoms with Gasteiger partial charge in [0.25, 0.3) is 11.8 Å². The molecule has 2 heterocycles. The Morgan fingerprint density at radius 2 is 1.57 bits per heavy atom. The quantitative estimate of drug-likeness (QED) is 0.162. The van der Waals surface area contributed by atoms with E-state index >= 15 is 0 Å². The number of halogens is 4. The molecule has 0 aliphatic carbocycles. The predicted octanol–water partition coefficient (Wildman–Crippen LogP) is 7.30. The average Bonchev–Trinajstić information content (AvgIpc) is 3.38. The summed E-state index contributed by atoms with van der Waals surface area (Å²) in [6.45, 7) is 2.33. The summed E-state index contributed by atoms with van der Waals surface area (Å²) in [4.78, 5) is 30.7. The Labute approximate surface area is 250 Å². The molecule has 11 heteroatoms. The number of benzene rings is 3. The summed E-state index contributed by atoms with van der Waals surface area (Å²) in [7, 11) is 1.42. The predicted molar refractivity (Wildman–Crippen MR) is 160 cm³/mol. The Kier molecular flexibility index (Phi) is 8.14. The van der Waals surface area contributed by atoms with E-state index < -0.39 is 35.9 Å². The SMILES string of the molecule is CNC(=O)c1c(-c2ccc(F)cc2)oc2nc(NCC(F)(F)F)c(-c3cccc(C(=O)NC(C)(C)c4ccccc4)c3)cc12. The van der Waals surface area contributed by atoms with Gasteiger partial charge in [-0.25, -0.2) is 4.39 Å². The first-order valence-corrected chi connectivity index (χ1v) is 13.6. The van der Waals surface area contributed by atoms with Gasteiger partial charge in [0, 0.05) is 23.7 Å². The van der Waals surface area contributed by atoms with Crippen LogP contribution in [0.2, 0.25) is 0 Å². The van der Waals surface area contributed by atoms with Gasteiger partial charge in [0.15, 0.2) is 0 Å². The van der Waals surface area contributed by atoms with Crippen molar-refractivity contribution in [3.63, 3.8) is 0 Å². The first kappa shape index (κ1) is 30.3. The maximum absolute atomic E-state index is 13.6. The maximum Gasteiger partial charge on any atom is 0.405 e. The van der Waals surface area contributed by atoms with Crippen molar-refractivity contribution in [3.05, 3.63) is 107 Å². The molecule has 3 N–H and O–H groups in total. The number of nitrogens with one attached hydrogen (secondary N) is 3. The number of carbonyl (C=O) groups is 2. The molecular weight excluding hydrogens is 576 g/mol. The third-order valence-electron chi connectivity index (χ3n) is 7.06. The van der Waals surface area contributed by atoms with Crippen molar-refractivity contribution >= 4 is 28.7 Å². The molecule has 44 heavy (non-hydrogen) atoms. The minimum Gasteiger partial charge on any atom is -0.437 e. The molecule has 0 bridgehead atoms. The number of amides is 2. The van der Waals surface area contributed by atoms with Crippen LogP contribution in [0.1, 0.15) is 40.1 Å². The Morgan fingerprint density at radius 3 is 2.23 bits per heavy atom. The van der Waals surface area contributed by atoms with E-state index in [1.165, 1.54) is 37.4 Å². The van der Waals surface area contributed by atoms with E-state index in [9.17, 15) is 27.2 Å². The van der Waals surface area contributed by atoms with Crippen LogP contribution in [0.15, 0.2) is 89.3 Å². The number of hydrogen-bond donors (Lipinski definition) is 3. The van der Waals surface area contributed by atoms with Crippen LogP contribution < -0.4 is 16.0 Å². The molecule has 3 aromatic carbocycles. The Morgan fingerprint density at radius 1 is 0.864 bits per heavy atom. The van der Waals surface area contributed by atoms with Crippen molar-refractivity contribution in [2.45, 2.75) is 25.6 Å². The lowest BCUT2D eigenvalue weighted by Crippen LogP contribution is -2.40. The molecule has 0 saturated heterocycles. The third-order valence-corrected chi connectivity index (χ3v) is 7.06. The highest BCUT2D eigenvalue weighted by molar-refractivity contribution is 6.11. The molecule has 0 unspecified atom stereocenters. The number of anilines is 1. The highest BCUT2D eigenvalue weighted by atomic mass is 19.4. The summed E-state index contributed by atoms with van der Waals surface area (Å²) in [6, 6.07) is 22.5. The average molecular weight is 605 g/mol. The van der Waals surface area contributed by atoms with Crippen molar-refractivity contribution in [3.8, 4) is 22.5 Å². The molecule has 5 rings (SSSR count). The molecule has 2 aromatic heterocycles. The van der Waals surface area contributed by atoms with E-state index in [1.807, 2.05) is 44.2 Å². The summed E-state index contributed by atoms with van der Waals surface area (Å²) in [5, 5.41) is 8.08. The Balaban J connectivity index is 1.63. The van der Waals surface area contributed by atoms with Crippen molar-refractivity contribution in [2.75, 3.05) is 18.9 Å². The van der Waals surface area contributed by atoms with E-state index in [0.717, 1.165) is 5.56 Å². The summed E-state index contributed by atoms with van der Waals surface area (Å²) in [5.74, 6) is -1.53. The fourth-order valence-electron chi connectivity index (χ4n) is 4.83. The number of rotatable bonds is 8. The van der Waals surface area contributed by atoms with Gasteiger partial charge < -0.3 is 20.4 Å². The number of nitrogens with zero attached hydrogens (tertiary/aromatic N) is 1. The molecule has 0 aliphatic rings. The van der Waals surface area contributed by atoms with E-state index in [0.29, 0.717) is 11.1 Å². The molecule has 0 fully saturated rings. The lowest BCUT2D eigenvalue weighted by atomic mass is 9.93. The Bertz CT molecular complexity index is 1830. The van der Waals surface area contributed by atoms with Crippen LogP contribution in [0.5, 0.6) is 0 Å². The van der Waals surface area contributed by atoms with Crippen molar-refractivity contribution < 1.29 is 31.6 Å². The highest BCUT2D eigenvalue weighted by Crippen LogP contribution is 2.38. The van der Waals surface area contributed by atoms with Gasteiger partial charge in [-0.3, -0.25) is 9.59 Å². The fraction of sp³-hybridized carbons (Fsp3) is 0.182. The zero-order valence-electron chi connectivity index (χ0n) is 24.0. The van der Waals surface area contributed by atoms with Crippen LogP contribution in [0.25, 0.3) is 33.6 Å². The molecule has 226 valence electrons. The summed E-state index contributed by atoms with van der Waals surface area (Å²) in [5.41, 5.74) is 1.35. The van der Waals surface area contributed by atoms with Gasteiger partial charge >= 0.3 is 6.18 Å². The molecule has 0 atom stereocenters. The summed E-state index contributed by atoms with van der Waals surface area (Å²) >= 11 is 0. The number of furan rings is 1. The number of aromatic nitrogens is 1. The summed E-state index contributed by atoms with van der Waals surface area (Å²) in [6.07, 6.45) is -4.56. The van der Waals surface area contributed by atoms with Crippen LogP contribution >= 0.6 is 0 Å². The molecule has 5 aromatic rings. The van der Waals surface area contributed by atoms with E-state index in [4.69, 9.17) is 4.42 Å². The maximum atomic E-state index is 13.6. The zero-order valence-corrected chi connectivity index (χ0v) is 24.0. The lowest BCUT2D eigenvalue weighted by molar-refractivity contribution is -0.115. The zero-order chi connectivity index (χ0) is 31.6. The smallest absolute Gasteiger partial charge is 0.405 e. The normalized spacial score (nSPS) is 11.8. The van der Waals surface area contributed by atoms with Crippen LogP contribution in [-0.2, 0) is 5.54 Å². The number of alkyl halides is 3. The van der Waals surface area contributed by atoms with Crippen LogP contribution in [0, 0.1) is 5.82 Å². The fourth-order valence-corrected chi connectivity index (χ4v) is 4.83. The first-order chi connectivity index (χ1) is 20.9. The second-order valence-electron chi connectivity index (χ2n) is 10.6. The third kappa shape index (κ3) is 6.41. The van der Waals surface area contributed by atoms with Crippen molar-refractivity contribution in [1.82, 2.24) is 15.6 Å². The molecule has 0 aliphatic heterocycles. The largest absolute Gasteiger partial charge is 0.437 e.